The van der Waals surface area contributed by atoms with Gasteiger partial charge in [0.1, 0.15) is 0 Å². The quantitative estimate of drug-likeness (QED) is 0.227. The van der Waals surface area contributed by atoms with E-state index in [1.54, 1.807) is 0 Å². The van der Waals surface area contributed by atoms with Crippen molar-refractivity contribution in [3.05, 3.63) is 6.42 Å². The number of carbonyl (C=O) groups excluding carboxylic acids is 1. The third-order valence-corrected chi connectivity index (χ3v) is 2.16. The number of carbonyl (C=O) groups is 1. The van der Waals surface area contributed by atoms with E-state index in [1.165, 1.54) is 26.4 Å². The Hall–Kier alpha value is -0.230. The Morgan fingerprint density at radius 2 is 1.67 bits per heavy atom. The minimum absolute atomic E-state index is 0. The van der Waals surface area contributed by atoms with Gasteiger partial charge in [0.25, 0.3) is 0 Å². The molecule has 0 aromatic heterocycles. The first-order chi connectivity index (χ1) is 6.81. The van der Waals surface area contributed by atoms with Crippen LogP contribution in [0.4, 0.5) is 0 Å². The molecule has 0 atom stereocenters. The average molecular weight is 303 g/mol. The van der Waals surface area contributed by atoms with Gasteiger partial charge in [0.2, 0.25) is 0 Å². The van der Waals surface area contributed by atoms with Crippen LogP contribution < -0.4 is 0 Å². The van der Waals surface area contributed by atoms with Gasteiger partial charge in [-0.2, -0.15) is 0 Å². The predicted octanol–water partition coefficient (Wildman–Crippen LogP) is 2.87. The maximum absolute atomic E-state index is 10.7. The molecule has 15 heavy (non-hydrogen) atoms. The van der Waals surface area contributed by atoms with Crippen molar-refractivity contribution < 1.29 is 31.9 Å². The molecule has 2 nitrogen and oxygen atoms in total. The Morgan fingerprint density at radius 1 is 1.13 bits per heavy atom. The van der Waals surface area contributed by atoms with E-state index >= 15 is 0 Å². The summed E-state index contributed by atoms with van der Waals surface area (Å²) in [5, 5.41) is 0. The van der Waals surface area contributed by atoms with Gasteiger partial charge in [-0.15, -0.1) is 0 Å². The van der Waals surface area contributed by atoms with Crippen molar-refractivity contribution in [1.29, 1.82) is 0 Å². The van der Waals surface area contributed by atoms with Crippen molar-refractivity contribution in [2.45, 2.75) is 51.4 Å². The van der Waals surface area contributed by atoms with Crippen LogP contribution in [0.3, 0.4) is 0 Å². The molecule has 0 aliphatic rings. The largest absolute Gasteiger partial charge is 1.00 e. The zero-order chi connectivity index (χ0) is 10.6. The standard InChI is InChI=1S/C12H19O2.Ag/c1-3-4-5-6-7-8-9-10-11-12(13)14-2;/h4-11H2,2H3;/q-1;+1. The summed E-state index contributed by atoms with van der Waals surface area (Å²) < 4.78 is 4.54. The van der Waals surface area contributed by atoms with Gasteiger partial charge in [0.05, 0.1) is 7.11 Å². The number of hydrogen-bond donors (Lipinski definition) is 0. The van der Waals surface area contributed by atoms with Crippen molar-refractivity contribution >= 4 is 5.97 Å². The van der Waals surface area contributed by atoms with Crippen LogP contribution in [-0.2, 0) is 31.9 Å². The van der Waals surface area contributed by atoms with E-state index in [0.29, 0.717) is 6.42 Å². The Kier molecular flexibility index (Phi) is 15.8. The molecular weight excluding hydrogens is 284 g/mol. The number of methoxy groups -OCH3 is 1. The predicted molar refractivity (Wildman–Crippen MR) is 56.1 cm³/mol. The summed E-state index contributed by atoms with van der Waals surface area (Å²) in [5.74, 6) is 2.27. The van der Waals surface area contributed by atoms with Gasteiger partial charge in [-0.05, 0) is 19.3 Å². The molecule has 0 fully saturated rings. The monoisotopic (exact) mass is 302 g/mol. The Bertz CT molecular complexity index is 185. The second kappa shape index (κ2) is 13.8. The van der Waals surface area contributed by atoms with Gasteiger partial charge in [-0.1, -0.05) is 25.7 Å². The summed E-state index contributed by atoms with van der Waals surface area (Å²) in [6.07, 6.45) is 14.7. The Morgan fingerprint density at radius 3 is 2.20 bits per heavy atom. The maximum atomic E-state index is 10.7. The molecule has 0 saturated carbocycles. The second-order valence-corrected chi connectivity index (χ2v) is 3.37. The summed E-state index contributed by atoms with van der Waals surface area (Å²) in [5.41, 5.74) is 0. The zero-order valence-corrected chi connectivity index (χ0v) is 10.8. The fourth-order valence-corrected chi connectivity index (χ4v) is 1.29. The fraction of sp³-hybridized carbons (Fsp3) is 0.750. The number of rotatable bonds is 8. The Balaban J connectivity index is 0. The van der Waals surface area contributed by atoms with Crippen molar-refractivity contribution in [2.24, 2.45) is 0 Å². The fourth-order valence-electron chi connectivity index (χ4n) is 1.29. The average Bonchev–Trinajstić information content (AvgIpc) is 2.21. The van der Waals surface area contributed by atoms with Crippen LogP contribution in [0.15, 0.2) is 0 Å². The molecule has 0 spiro atoms. The normalized spacial score (nSPS) is 8.80. The molecule has 90 valence electrons. The minimum Gasteiger partial charge on any atom is -0.694 e. The molecular formula is C12H19AgO2. The number of hydrogen-bond acceptors (Lipinski definition) is 2. The van der Waals surface area contributed by atoms with Crippen molar-refractivity contribution in [2.75, 3.05) is 7.11 Å². The molecule has 0 aromatic rings. The minimum atomic E-state index is -0.108. The summed E-state index contributed by atoms with van der Waals surface area (Å²) in [4.78, 5) is 10.7. The first-order valence-corrected chi connectivity index (χ1v) is 5.27. The van der Waals surface area contributed by atoms with E-state index in [2.05, 4.69) is 10.7 Å². The summed E-state index contributed by atoms with van der Waals surface area (Å²) >= 11 is 0. The first kappa shape index (κ1) is 17.2. The van der Waals surface area contributed by atoms with Crippen LogP contribution in [-0.4, -0.2) is 13.1 Å². The summed E-state index contributed by atoms with van der Waals surface area (Å²) in [6, 6.07) is 0. The number of ether oxygens (including phenoxy) is 1. The number of unbranched alkanes of at least 4 members (excludes halogenated alkanes) is 6. The van der Waals surface area contributed by atoms with Crippen LogP contribution in [0.5, 0.6) is 0 Å². The molecule has 0 N–H and O–H groups in total. The molecule has 0 unspecified atom stereocenters. The van der Waals surface area contributed by atoms with Gasteiger partial charge in [-0.25, -0.2) is 0 Å². The first-order valence-electron chi connectivity index (χ1n) is 5.27. The molecule has 0 rings (SSSR count). The van der Waals surface area contributed by atoms with E-state index < -0.39 is 0 Å². The summed E-state index contributed by atoms with van der Waals surface area (Å²) in [6.45, 7) is 0. The van der Waals surface area contributed by atoms with Gasteiger partial charge in [0, 0.05) is 6.42 Å². The van der Waals surface area contributed by atoms with Crippen molar-refractivity contribution in [3.8, 4) is 5.92 Å². The topological polar surface area (TPSA) is 26.3 Å². The second-order valence-electron chi connectivity index (χ2n) is 3.37. The Labute approximate surface area is 109 Å². The van der Waals surface area contributed by atoms with E-state index in [1.807, 2.05) is 0 Å². The summed E-state index contributed by atoms with van der Waals surface area (Å²) in [7, 11) is 1.43. The molecule has 0 aliphatic heterocycles. The molecule has 0 radical (unpaired) electrons. The van der Waals surface area contributed by atoms with Crippen molar-refractivity contribution in [1.82, 2.24) is 0 Å². The zero-order valence-electron chi connectivity index (χ0n) is 9.27. The molecule has 0 saturated heterocycles. The van der Waals surface area contributed by atoms with E-state index in [0.717, 1.165) is 25.7 Å². The van der Waals surface area contributed by atoms with Gasteiger partial charge >= 0.3 is 28.3 Å². The third-order valence-electron chi connectivity index (χ3n) is 2.16. The van der Waals surface area contributed by atoms with Crippen molar-refractivity contribution in [3.63, 3.8) is 0 Å². The van der Waals surface area contributed by atoms with E-state index in [4.69, 9.17) is 6.42 Å². The molecule has 0 aliphatic carbocycles. The van der Waals surface area contributed by atoms with Crippen LogP contribution >= 0.6 is 0 Å². The van der Waals surface area contributed by atoms with E-state index in [9.17, 15) is 4.79 Å². The van der Waals surface area contributed by atoms with Gasteiger partial charge < -0.3 is 17.1 Å². The molecule has 0 heterocycles. The molecule has 0 bridgehead atoms. The molecule has 0 aromatic carbocycles. The maximum Gasteiger partial charge on any atom is 1.00 e. The SMILES string of the molecule is [Ag+].[C-]#CCCCCCCCCC(=O)OC. The number of esters is 1. The van der Waals surface area contributed by atoms with Crippen LogP contribution in [0.1, 0.15) is 51.4 Å². The molecule has 0 amide bonds. The van der Waals surface area contributed by atoms with Crippen LogP contribution in [0.2, 0.25) is 0 Å². The van der Waals surface area contributed by atoms with Crippen LogP contribution in [0.25, 0.3) is 0 Å². The van der Waals surface area contributed by atoms with Gasteiger partial charge in [-0.3, -0.25) is 4.79 Å². The molecule has 3 heteroatoms. The van der Waals surface area contributed by atoms with Crippen LogP contribution in [0, 0.1) is 12.3 Å². The van der Waals surface area contributed by atoms with Gasteiger partial charge in [0.15, 0.2) is 0 Å². The smallest absolute Gasteiger partial charge is 0.694 e. The third kappa shape index (κ3) is 13.8. The van der Waals surface area contributed by atoms with E-state index in [-0.39, 0.29) is 28.3 Å².